The number of benzene rings is 1. The Morgan fingerprint density at radius 3 is 2.89 bits per heavy atom. The fourth-order valence-corrected chi connectivity index (χ4v) is 2.01. The number of hydrogen-bond donors (Lipinski definition) is 3. The minimum absolute atomic E-state index is 0.183. The number of hydrogen-bond acceptors (Lipinski definition) is 4. The summed E-state index contributed by atoms with van der Waals surface area (Å²) in [5.74, 6) is 6.38. The molecule has 0 aliphatic rings. The van der Waals surface area contributed by atoms with E-state index in [0.29, 0.717) is 0 Å². The van der Waals surface area contributed by atoms with Crippen molar-refractivity contribution in [2.24, 2.45) is 5.84 Å². The maximum absolute atomic E-state index is 5.60. The normalized spacial score (nSPS) is 12.7. The third-order valence-corrected chi connectivity index (χ3v) is 2.90. The number of hydrazine groups is 1. The van der Waals surface area contributed by atoms with Crippen molar-refractivity contribution in [2.75, 3.05) is 0 Å². The van der Waals surface area contributed by atoms with Gasteiger partial charge in [-0.3, -0.25) is 10.8 Å². The van der Waals surface area contributed by atoms with Gasteiger partial charge in [-0.05, 0) is 17.7 Å². The van der Waals surface area contributed by atoms with Gasteiger partial charge in [-0.15, -0.1) is 0 Å². The number of fused-ring (bicyclic) bond motifs is 1. The molecule has 0 aliphatic heterocycles. The number of nitrogens with one attached hydrogen (secondary N) is 2. The third-order valence-electron chi connectivity index (χ3n) is 2.90. The average Bonchev–Trinajstić information content (AvgIpc) is 2.93. The Balaban J connectivity index is 2.07. The molecule has 2 heterocycles. The number of H-pyrrole nitrogens is 1. The fraction of sp³-hybridized carbons (Fsp3) is 0.0769. The average molecular weight is 239 g/mol. The molecule has 5 heteroatoms. The summed E-state index contributed by atoms with van der Waals surface area (Å²) in [6.45, 7) is 0. The van der Waals surface area contributed by atoms with Crippen LogP contribution in [0.4, 0.5) is 0 Å². The van der Waals surface area contributed by atoms with Gasteiger partial charge in [0.1, 0.15) is 11.9 Å². The van der Waals surface area contributed by atoms with E-state index in [4.69, 9.17) is 5.84 Å². The van der Waals surface area contributed by atoms with Gasteiger partial charge in [0.25, 0.3) is 0 Å². The lowest BCUT2D eigenvalue weighted by atomic mass is 10.1. The monoisotopic (exact) mass is 239 g/mol. The third kappa shape index (κ3) is 1.85. The van der Waals surface area contributed by atoms with Gasteiger partial charge >= 0.3 is 0 Å². The molecule has 3 aromatic rings. The predicted octanol–water partition coefficient (Wildman–Crippen LogP) is 1.51. The molecular formula is C13H13N5. The highest BCUT2D eigenvalue weighted by molar-refractivity contribution is 5.78. The Morgan fingerprint density at radius 2 is 2.11 bits per heavy atom. The number of rotatable bonds is 3. The molecule has 4 N–H and O–H groups in total. The first-order chi connectivity index (χ1) is 8.88. The summed E-state index contributed by atoms with van der Waals surface area (Å²) in [5.41, 5.74) is 4.70. The van der Waals surface area contributed by atoms with Crippen LogP contribution >= 0.6 is 0 Å². The van der Waals surface area contributed by atoms with Crippen LogP contribution in [0.1, 0.15) is 17.4 Å². The first-order valence-corrected chi connectivity index (χ1v) is 5.68. The van der Waals surface area contributed by atoms with Crippen LogP contribution in [0.2, 0.25) is 0 Å². The van der Waals surface area contributed by atoms with Crippen molar-refractivity contribution in [1.29, 1.82) is 0 Å². The summed E-state index contributed by atoms with van der Waals surface area (Å²) in [4.78, 5) is 11.7. The standard InChI is InChI=1S/C13H13N5/c14-18-12(13-15-5-6-16-13)10-7-9-3-1-2-4-11(9)17-8-10/h1-8,12,18H,14H2,(H,15,16). The van der Waals surface area contributed by atoms with Crippen LogP contribution in [-0.2, 0) is 0 Å². The highest BCUT2D eigenvalue weighted by Crippen LogP contribution is 2.21. The molecule has 3 rings (SSSR count). The van der Waals surface area contributed by atoms with Crippen molar-refractivity contribution in [1.82, 2.24) is 20.4 Å². The zero-order valence-electron chi connectivity index (χ0n) is 9.67. The Bertz CT molecular complexity index is 647. The number of aromatic nitrogens is 3. The van der Waals surface area contributed by atoms with Crippen LogP contribution in [0.3, 0.4) is 0 Å². The van der Waals surface area contributed by atoms with E-state index in [1.807, 2.05) is 30.5 Å². The van der Waals surface area contributed by atoms with E-state index in [-0.39, 0.29) is 6.04 Å². The molecular weight excluding hydrogens is 226 g/mol. The second-order valence-corrected chi connectivity index (χ2v) is 4.04. The summed E-state index contributed by atoms with van der Waals surface area (Å²) in [6, 6.07) is 9.86. The van der Waals surface area contributed by atoms with Gasteiger partial charge in [-0.25, -0.2) is 10.4 Å². The van der Waals surface area contributed by atoms with Crippen LogP contribution < -0.4 is 11.3 Å². The molecule has 0 amide bonds. The van der Waals surface area contributed by atoms with Crippen molar-refractivity contribution in [2.45, 2.75) is 6.04 Å². The zero-order chi connectivity index (χ0) is 12.4. The van der Waals surface area contributed by atoms with Gasteiger partial charge < -0.3 is 4.98 Å². The highest BCUT2D eigenvalue weighted by Gasteiger charge is 2.15. The summed E-state index contributed by atoms with van der Waals surface area (Å²) in [6.07, 6.45) is 5.29. The zero-order valence-corrected chi connectivity index (χ0v) is 9.67. The molecule has 0 fully saturated rings. The van der Waals surface area contributed by atoms with Gasteiger partial charge in [-0.1, -0.05) is 18.2 Å². The molecule has 0 aliphatic carbocycles. The smallest absolute Gasteiger partial charge is 0.129 e. The second kappa shape index (κ2) is 4.56. The lowest BCUT2D eigenvalue weighted by Gasteiger charge is -2.13. The Labute approximate surface area is 104 Å². The van der Waals surface area contributed by atoms with Crippen LogP contribution in [0, 0.1) is 0 Å². The van der Waals surface area contributed by atoms with Crippen LogP contribution in [0.25, 0.3) is 10.9 Å². The second-order valence-electron chi connectivity index (χ2n) is 4.04. The van der Waals surface area contributed by atoms with Crippen LogP contribution in [-0.4, -0.2) is 15.0 Å². The van der Waals surface area contributed by atoms with Crippen molar-refractivity contribution in [3.63, 3.8) is 0 Å². The van der Waals surface area contributed by atoms with Crippen molar-refractivity contribution < 1.29 is 0 Å². The molecule has 1 unspecified atom stereocenters. The first kappa shape index (κ1) is 10.9. The molecule has 1 aromatic carbocycles. The summed E-state index contributed by atoms with van der Waals surface area (Å²) in [7, 11) is 0. The van der Waals surface area contributed by atoms with Crippen molar-refractivity contribution in [3.8, 4) is 0 Å². The number of para-hydroxylation sites is 1. The number of nitrogens with zero attached hydrogens (tertiary/aromatic N) is 2. The fourth-order valence-electron chi connectivity index (χ4n) is 2.01. The van der Waals surface area contributed by atoms with E-state index >= 15 is 0 Å². The molecule has 0 spiro atoms. The van der Waals surface area contributed by atoms with Gasteiger partial charge in [0.2, 0.25) is 0 Å². The molecule has 0 bridgehead atoms. The van der Waals surface area contributed by atoms with Gasteiger partial charge in [0.05, 0.1) is 5.52 Å². The number of imidazole rings is 1. The molecule has 0 saturated heterocycles. The molecule has 1 atom stereocenters. The SMILES string of the molecule is NNC(c1cnc2ccccc2c1)c1ncc[nH]1. The molecule has 0 saturated carbocycles. The predicted molar refractivity (Wildman–Crippen MR) is 69.5 cm³/mol. The maximum Gasteiger partial charge on any atom is 0.129 e. The quantitative estimate of drug-likeness (QED) is 0.478. The van der Waals surface area contributed by atoms with Crippen molar-refractivity contribution >= 4 is 10.9 Å². The van der Waals surface area contributed by atoms with Gasteiger partial charge in [-0.2, -0.15) is 0 Å². The van der Waals surface area contributed by atoms with Crippen molar-refractivity contribution in [3.05, 3.63) is 60.3 Å². The van der Waals surface area contributed by atoms with E-state index in [9.17, 15) is 0 Å². The van der Waals surface area contributed by atoms with Gasteiger partial charge in [0, 0.05) is 24.0 Å². The Morgan fingerprint density at radius 1 is 1.22 bits per heavy atom. The van der Waals surface area contributed by atoms with Crippen LogP contribution in [0.5, 0.6) is 0 Å². The largest absolute Gasteiger partial charge is 0.347 e. The topological polar surface area (TPSA) is 79.6 Å². The summed E-state index contributed by atoms with van der Waals surface area (Å²) in [5, 5.41) is 1.09. The Kier molecular flexibility index (Phi) is 2.76. The van der Waals surface area contributed by atoms with E-state index < -0.39 is 0 Å². The number of pyridine rings is 1. The number of nitrogens with two attached hydrogens (primary N) is 1. The summed E-state index contributed by atoms with van der Waals surface area (Å²) >= 11 is 0. The lowest BCUT2D eigenvalue weighted by molar-refractivity contribution is 0.607. The molecule has 18 heavy (non-hydrogen) atoms. The first-order valence-electron chi connectivity index (χ1n) is 5.68. The Hall–Kier alpha value is -2.24. The molecule has 0 radical (unpaired) electrons. The molecule has 90 valence electrons. The van der Waals surface area contributed by atoms with Crippen LogP contribution in [0.15, 0.2) is 48.9 Å². The highest BCUT2D eigenvalue weighted by atomic mass is 15.2. The maximum atomic E-state index is 5.60. The minimum Gasteiger partial charge on any atom is -0.347 e. The van der Waals surface area contributed by atoms with Gasteiger partial charge in [0.15, 0.2) is 0 Å². The lowest BCUT2D eigenvalue weighted by Crippen LogP contribution is -2.29. The van der Waals surface area contributed by atoms with E-state index in [0.717, 1.165) is 22.3 Å². The number of aromatic amines is 1. The molecule has 5 nitrogen and oxygen atoms in total. The van der Waals surface area contributed by atoms with E-state index in [2.05, 4.69) is 26.4 Å². The van der Waals surface area contributed by atoms with E-state index in [1.54, 1.807) is 12.4 Å². The summed E-state index contributed by atoms with van der Waals surface area (Å²) < 4.78 is 0. The van der Waals surface area contributed by atoms with E-state index in [1.165, 1.54) is 0 Å². The molecule has 2 aromatic heterocycles. The minimum atomic E-state index is -0.183.